The van der Waals surface area contributed by atoms with Gasteiger partial charge in [0.15, 0.2) is 11.5 Å². The largest absolute Gasteiger partial charge is 0.504 e. The molecule has 0 saturated heterocycles. The zero-order valence-corrected chi connectivity index (χ0v) is 9.21. The average molecular weight is 232 g/mol. The van der Waals surface area contributed by atoms with Gasteiger partial charge in [-0.1, -0.05) is 6.07 Å². The fourth-order valence-corrected chi connectivity index (χ4v) is 1.26. The number of phenolic OH excluding ortho intramolecular Hbond substituents is 2. The van der Waals surface area contributed by atoms with Gasteiger partial charge >= 0.3 is 0 Å². The number of hydrogen-bond donors (Lipinski definition) is 3. The molecule has 0 bridgehead atoms. The van der Waals surface area contributed by atoms with Gasteiger partial charge in [0, 0.05) is 0 Å². The van der Waals surface area contributed by atoms with Gasteiger partial charge < -0.3 is 15.5 Å². The number of carbonyl (C=O) groups excluding carboxylic acids is 1. The van der Waals surface area contributed by atoms with Crippen molar-refractivity contribution >= 4 is 12.5 Å². The Kier molecular flexibility index (Phi) is 4.12. The van der Waals surface area contributed by atoms with Gasteiger partial charge in [-0.25, -0.2) is 0 Å². The van der Waals surface area contributed by atoms with E-state index in [-0.39, 0.29) is 11.5 Å². The number of nitrogens with one attached hydrogen (secondary N) is 1. The van der Waals surface area contributed by atoms with Crippen LogP contribution in [0.3, 0.4) is 0 Å². The Morgan fingerprint density at radius 3 is 2.71 bits per heavy atom. The van der Waals surface area contributed by atoms with Crippen molar-refractivity contribution in [3.8, 4) is 17.6 Å². The second-order valence-electron chi connectivity index (χ2n) is 3.47. The summed E-state index contributed by atoms with van der Waals surface area (Å²) in [6.07, 6.45) is 2.05. The number of hydrogen-bond acceptors (Lipinski definition) is 4. The molecule has 0 saturated carbocycles. The molecule has 0 spiro atoms. The van der Waals surface area contributed by atoms with E-state index in [2.05, 4.69) is 5.32 Å². The van der Waals surface area contributed by atoms with E-state index in [9.17, 15) is 9.90 Å². The van der Waals surface area contributed by atoms with Crippen LogP contribution in [0.5, 0.6) is 11.5 Å². The van der Waals surface area contributed by atoms with Crippen LogP contribution in [0.4, 0.5) is 0 Å². The highest BCUT2D eigenvalue weighted by molar-refractivity contribution is 5.62. The van der Waals surface area contributed by atoms with Crippen LogP contribution in [-0.2, 0) is 4.79 Å². The fraction of sp³-hybridized carbons (Fsp3) is 0.167. The molecule has 0 fully saturated rings. The van der Waals surface area contributed by atoms with Crippen molar-refractivity contribution in [3.05, 3.63) is 29.3 Å². The summed E-state index contributed by atoms with van der Waals surface area (Å²) in [5.74, 6) is -0.480. The number of aromatic hydroxyl groups is 2. The molecule has 3 N–H and O–H groups in total. The van der Waals surface area contributed by atoms with Crippen molar-refractivity contribution in [2.75, 3.05) is 0 Å². The van der Waals surface area contributed by atoms with Gasteiger partial charge in [0.2, 0.25) is 6.41 Å². The van der Waals surface area contributed by atoms with Gasteiger partial charge in [-0.05, 0) is 30.7 Å². The summed E-state index contributed by atoms with van der Waals surface area (Å²) in [6, 6.07) is 5.77. The number of rotatable bonds is 4. The van der Waals surface area contributed by atoms with Crippen LogP contribution < -0.4 is 5.32 Å². The Labute approximate surface area is 98.6 Å². The highest BCUT2D eigenvalue weighted by atomic mass is 16.3. The van der Waals surface area contributed by atoms with Crippen molar-refractivity contribution < 1.29 is 15.0 Å². The molecule has 0 aromatic heterocycles. The number of benzene rings is 1. The molecule has 1 aromatic rings. The number of nitrogens with zero attached hydrogens (tertiary/aromatic N) is 1. The molecule has 5 nitrogen and oxygen atoms in total. The van der Waals surface area contributed by atoms with Gasteiger partial charge in [-0.3, -0.25) is 4.79 Å². The first kappa shape index (κ1) is 12.6. The molecule has 1 atom stereocenters. The van der Waals surface area contributed by atoms with Gasteiger partial charge in [0.1, 0.15) is 0 Å². The first-order valence-corrected chi connectivity index (χ1v) is 4.92. The maximum absolute atomic E-state index is 10.3. The third-order valence-electron chi connectivity index (χ3n) is 2.24. The monoisotopic (exact) mass is 232 g/mol. The van der Waals surface area contributed by atoms with Crippen LogP contribution in [0.25, 0.3) is 6.08 Å². The van der Waals surface area contributed by atoms with E-state index < -0.39 is 6.04 Å². The highest BCUT2D eigenvalue weighted by Crippen LogP contribution is 2.26. The average Bonchev–Trinajstić information content (AvgIpc) is 2.30. The number of nitriles is 1. The molecular formula is C12H12N2O3. The lowest BCUT2D eigenvalue weighted by Gasteiger charge is -2.08. The summed E-state index contributed by atoms with van der Waals surface area (Å²) in [5, 5.41) is 29.8. The predicted octanol–water partition coefficient (Wildman–Crippen LogP) is 1.14. The second-order valence-corrected chi connectivity index (χ2v) is 3.47. The molecule has 0 aliphatic heterocycles. The molecule has 5 heteroatoms. The molecule has 0 heterocycles. The van der Waals surface area contributed by atoms with Gasteiger partial charge in [0.25, 0.3) is 0 Å². The minimum Gasteiger partial charge on any atom is -0.504 e. The SMILES string of the molecule is CC(NC=O)C(C#N)=Cc1ccc(O)c(O)c1. The Morgan fingerprint density at radius 1 is 1.47 bits per heavy atom. The number of amides is 1. The van der Waals surface area contributed by atoms with Gasteiger partial charge in [-0.2, -0.15) is 5.26 Å². The van der Waals surface area contributed by atoms with Crippen molar-refractivity contribution in [3.63, 3.8) is 0 Å². The Hall–Kier alpha value is -2.48. The zero-order valence-electron chi connectivity index (χ0n) is 9.21. The van der Waals surface area contributed by atoms with E-state index in [4.69, 9.17) is 10.4 Å². The van der Waals surface area contributed by atoms with Crippen LogP contribution >= 0.6 is 0 Å². The summed E-state index contributed by atoms with van der Waals surface area (Å²) < 4.78 is 0. The van der Waals surface area contributed by atoms with E-state index in [1.54, 1.807) is 13.0 Å². The Bertz CT molecular complexity index is 489. The zero-order chi connectivity index (χ0) is 12.8. The summed E-state index contributed by atoms with van der Waals surface area (Å²) in [4.78, 5) is 10.3. The first-order valence-electron chi connectivity index (χ1n) is 4.92. The summed E-state index contributed by atoms with van der Waals surface area (Å²) in [6.45, 7) is 1.67. The van der Waals surface area contributed by atoms with Crippen LogP contribution in [0.15, 0.2) is 23.8 Å². The third kappa shape index (κ3) is 3.24. The maximum Gasteiger partial charge on any atom is 0.207 e. The summed E-state index contributed by atoms with van der Waals surface area (Å²) in [7, 11) is 0. The molecule has 0 radical (unpaired) electrons. The lowest BCUT2D eigenvalue weighted by atomic mass is 10.1. The maximum atomic E-state index is 10.3. The normalized spacial score (nSPS) is 12.6. The minimum absolute atomic E-state index is 0.222. The smallest absolute Gasteiger partial charge is 0.207 e. The van der Waals surface area contributed by atoms with E-state index in [1.165, 1.54) is 18.2 Å². The van der Waals surface area contributed by atoms with E-state index in [0.29, 0.717) is 17.5 Å². The molecule has 1 amide bonds. The van der Waals surface area contributed by atoms with Crippen molar-refractivity contribution in [2.45, 2.75) is 13.0 Å². The molecule has 1 rings (SSSR count). The van der Waals surface area contributed by atoms with Crippen molar-refractivity contribution in [1.29, 1.82) is 5.26 Å². The molecule has 1 unspecified atom stereocenters. The van der Waals surface area contributed by atoms with Crippen LogP contribution in [-0.4, -0.2) is 22.7 Å². The Balaban J connectivity index is 3.02. The molecule has 0 aliphatic rings. The van der Waals surface area contributed by atoms with E-state index in [1.807, 2.05) is 6.07 Å². The molecule has 1 aromatic carbocycles. The molecular weight excluding hydrogens is 220 g/mol. The standard InChI is InChI=1S/C12H12N2O3/c1-8(14-7-15)10(6-13)4-9-2-3-11(16)12(17)5-9/h2-5,7-8,16-17H,1H3,(H,14,15). The van der Waals surface area contributed by atoms with Crippen molar-refractivity contribution in [1.82, 2.24) is 5.32 Å². The van der Waals surface area contributed by atoms with E-state index >= 15 is 0 Å². The summed E-state index contributed by atoms with van der Waals surface area (Å²) >= 11 is 0. The van der Waals surface area contributed by atoms with Crippen LogP contribution in [0, 0.1) is 11.3 Å². The van der Waals surface area contributed by atoms with Crippen molar-refractivity contribution in [2.24, 2.45) is 0 Å². The van der Waals surface area contributed by atoms with E-state index in [0.717, 1.165) is 0 Å². The molecule has 88 valence electrons. The lowest BCUT2D eigenvalue weighted by Crippen LogP contribution is -2.25. The van der Waals surface area contributed by atoms with Crippen LogP contribution in [0.1, 0.15) is 12.5 Å². The Morgan fingerprint density at radius 2 is 2.18 bits per heavy atom. The van der Waals surface area contributed by atoms with Crippen LogP contribution in [0.2, 0.25) is 0 Å². The highest BCUT2D eigenvalue weighted by Gasteiger charge is 2.07. The number of phenols is 2. The first-order chi connectivity index (χ1) is 8.08. The predicted molar refractivity (Wildman–Crippen MR) is 62.0 cm³/mol. The molecule has 17 heavy (non-hydrogen) atoms. The lowest BCUT2D eigenvalue weighted by molar-refractivity contribution is -0.109. The number of carbonyl (C=O) groups is 1. The fourth-order valence-electron chi connectivity index (χ4n) is 1.26. The minimum atomic E-state index is -0.409. The van der Waals surface area contributed by atoms with Gasteiger partial charge in [0.05, 0.1) is 17.7 Å². The topological polar surface area (TPSA) is 93.4 Å². The van der Waals surface area contributed by atoms with Gasteiger partial charge in [-0.15, -0.1) is 0 Å². The molecule has 0 aliphatic carbocycles. The third-order valence-corrected chi connectivity index (χ3v) is 2.24. The quantitative estimate of drug-likeness (QED) is 0.412. The second kappa shape index (κ2) is 5.56. The summed E-state index contributed by atoms with van der Waals surface area (Å²) in [5.41, 5.74) is 0.915.